The summed E-state index contributed by atoms with van der Waals surface area (Å²) in [4.78, 5) is 9.29. The van der Waals surface area contributed by atoms with Crippen molar-refractivity contribution in [3.63, 3.8) is 0 Å². The number of benzene rings is 3. The number of aliphatic imine (C=N–C) groups is 2. The van der Waals surface area contributed by atoms with Crippen LogP contribution in [0.15, 0.2) is 82.8 Å². The Bertz CT molecular complexity index is 1030. The van der Waals surface area contributed by atoms with E-state index in [1.54, 1.807) is 0 Å². The first kappa shape index (κ1) is 31.1. The third-order valence-electron chi connectivity index (χ3n) is 6.85. The average molecular weight is 541 g/mol. The molecule has 0 radical (unpaired) electrons. The highest BCUT2D eigenvalue weighted by molar-refractivity contribution is 5.84. The molecule has 0 heterocycles. The van der Waals surface area contributed by atoms with Gasteiger partial charge in [-0.25, -0.2) is 0 Å². The summed E-state index contributed by atoms with van der Waals surface area (Å²) in [5.41, 5.74) is 3.83. The van der Waals surface area contributed by atoms with Crippen molar-refractivity contribution in [2.75, 3.05) is 13.2 Å². The zero-order valence-corrected chi connectivity index (χ0v) is 24.7. The lowest BCUT2D eigenvalue weighted by atomic mass is 10.1. The van der Waals surface area contributed by atoms with Crippen LogP contribution in [-0.2, 0) is 0 Å². The van der Waals surface area contributed by atoms with E-state index in [9.17, 15) is 0 Å². The van der Waals surface area contributed by atoms with Crippen molar-refractivity contribution in [3.05, 3.63) is 83.9 Å². The monoisotopic (exact) mass is 540 g/mol. The van der Waals surface area contributed by atoms with Crippen molar-refractivity contribution in [2.45, 2.75) is 90.9 Å². The Balaban J connectivity index is 1.40. The van der Waals surface area contributed by atoms with Crippen molar-refractivity contribution in [1.29, 1.82) is 0 Å². The highest BCUT2D eigenvalue weighted by Crippen LogP contribution is 2.21. The standard InChI is InChI=1S/C36H48N2O2/c1-3-5-7-9-11-13-26-39-35-22-18-31(19-23-35)29-37-33-16-15-17-34(28-33)38-30-32-20-24-36(25-21-32)40-27-14-12-10-8-6-4-2/h15-25,28-30H,3-14,26-27H2,1-2H3. The fourth-order valence-electron chi connectivity index (χ4n) is 4.40. The van der Waals surface area contributed by atoms with Crippen molar-refractivity contribution in [3.8, 4) is 11.5 Å². The lowest BCUT2D eigenvalue weighted by molar-refractivity contribution is 0.304. The van der Waals surface area contributed by atoms with E-state index in [2.05, 4.69) is 23.8 Å². The van der Waals surface area contributed by atoms with Crippen molar-refractivity contribution in [1.82, 2.24) is 0 Å². The fraction of sp³-hybridized carbons (Fsp3) is 0.444. The molecule has 0 bridgehead atoms. The molecule has 0 saturated heterocycles. The molecule has 0 spiro atoms. The van der Waals surface area contributed by atoms with Crippen LogP contribution >= 0.6 is 0 Å². The van der Waals surface area contributed by atoms with E-state index < -0.39 is 0 Å². The van der Waals surface area contributed by atoms with Crippen LogP contribution in [0.3, 0.4) is 0 Å². The Kier molecular flexibility index (Phi) is 15.3. The van der Waals surface area contributed by atoms with E-state index in [0.717, 1.165) is 60.1 Å². The topological polar surface area (TPSA) is 43.2 Å². The maximum Gasteiger partial charge on any atom is 0.119 e. The number of ether oxygens (including phenoxy) is 2. The van der Waals surface area contributed by atoms with Gasteiger partial charge < -0.3 is 9.47 Å². The summed E-state index contributed by atoms with van der Waals surface area (Å²) in [5, 5.41) is 0. The maximum absolute atomic E-state index is 5.89. The number of nitrogens with zero attached hydrogens (tertiary/aromatic N) is 2. The van der Waals surface area contributed by atoms with Crippen molar-refractivity contribution in [2.24, 2.45) is 9.98 Å². The second kappa shape index (κ2) is 19.6. The minimum atomic E-state index is 0.782. The SMILES string of the molecule is CCCCCCCCOc1ccc(C=Nc2cccc(N=Cc3ccc(OCCCCCCCC)cc3)c2)cc1. The first-order valence-corrected chi connectivity index (χ1v) is 15.4. The quantitative estimate of drug-likeness (QED) is 0.106. The van der Waals surface area contributed by atoms with E-state index in [-0.39, 0.29) is 0 Å². The minimum absolute atomic E-state index is 0.782. The summed E-state index contributed by atoms with van der Waals surface area (Å²) >= 11 is 0. The highest BCUT2D eigenvalue weighted by Gasteiger charge is 1.98. The third kappa shape index (κ3) is 13.1. The Labute approximate surface area is 242 Å². The molecule has 4 heteroatoms. The molecule has 0 fully saturated rings. The molecular formula is C36H48N2O2. The lowest BCUT2D eigenvalue weighted by Crippen LogP contribution is -1.97. The summed E-state index contributed by atoms with van der Waals surface area (Å²) in [6.07, 6.45) is 19.0. The van der Waals surface area contributed by atoms with Crippen molar-refractivity contribution >= 4 is 23.8 Å². The van der Waals surface area contributed by atoms with E-state index in [0.29, 0.717) is 0 Å². The van der Waals surface area contributed by atoms with Crippen LogP contribution < -0.4 is 9.47 Å². The molecule has 4 nitrogen and oxygen atoms in total. The molecule has 0 amide bonds. The van der Waals surface area contributed by atoms with Gasteiger partial charge in [0.15, 0.2) is 0 Å². The first-order chi connectivity index (χ1) is 19.8. The van der Waals surface area contributed by atoms with Gasteiger partial charge in [0.2, 0.25) is 0 Å². The van der Waals surface area contributed by atoms with Gasteiger partial charge in [0.25, 0.3) is 0 Å². The first-order valence-electron chi connectivity index (χ1n) is 15.4. The van der Waals surface area contributed by atoms with Crippen LogP contribution in [0.25, 0.3) is 0 Å². The van der Waals surface area contributed by atoms with Crippen LogP contribution in [0, 0.1) is 0 Å². The Morgan fingerprint density at radius 1 is 0.500 bits per heavy atom. The Morgan fingerprint density at radius 2 is 0.900 bits per heavy atom. The molecule has 0 aliphatic heterocycles. The second-order valence-electron chi connectivity index (χ2n) is 10.4. The highest BCUT2D eigenvalue weighted by atomic mass is 16.5. The molecule has 3 rings (SSSR count). The molecule has 40 heavy (non-hydrogen) atoms. The van der Waals surface area contributed by atoms with Gasteiger partial charge in [-0.2, -0.15) is 0 Å². The predicted molar refractivity (Wildman–Crippen MR) is 172 cm³/mol. The number of rotatable bonds is 20. The van der Waals surface area contributed by atoms with E-state index in [1.165, 1.54) is 64.2 Å². The van der Waals surface area contributed by atoms with Crippen LogP contribution in [-0.4, -0.2) is 25.6 Å². The Hall–Kier alpha value is -3.40. The molecule has 0 unspecified atom stereocenters. The summed E-state index contributed by atoms with van der Waals surface area (Å²) in [5.74, 6) is 1.83. The zero-order valence-electron chi connectivity index (χ0n) is 24.7. The molecule has 214 valence electrons. The van der Waals surface area contributed by atoms with E-state index in [4.69, 9.17) is 9.47 Å². The van der Waals surface area contributed by atoms with Crippen molar-refractivity contribution < 1.29 is 9.47 Å². The molecule has 3 aromatic carbocycles. The number of unbranched alkanes of at least 4 members (excludes halogenated alkanes) is 10. The van der Waals surface area contributed by atoms with Gasteiger partial charge in [-0.15, -0.1) is 0 Å². The number of hydrogen-bond donors (Lipinski definition) is 0. The summed E-state index contributed by atoms with van der Waals surface area (Å²) < 4.78 is 11.8. The third-order valence-corrected chi connectivity index (χ3v) is 6.85. The molecule has 0 saturated carbocycles. The second-order valence-corrected chi connectivity index (χ2v) is 10.4. The molecule has 0 atom stereocenters. The summed E-state index contributed by atoms with van der Waals surface area (Å²) in [6.45, 7) is 6.06. The molecule has 0 aliphatic carbocycles. The normalized spacial score (nSPS) is 11.4. The average Bonchev–Trinajstić information content (AvgIpc) is 2.99. The van der Waals surface area contributed by atoms with Gasteiger partial charge in [0.1, 0.15) is 11.5 Å². The van der Waals surface area contributed by atoms with Crippen LogP contribution in [0.4, 0.5) is 11.4 Å². The minimum Gasteiger partial charge on any atom is -0.494 e. The predicted octanol–water partition coefficient (Wildman–Crippen LogP) is 10.7. The fourth-order valence-corrected chi connectivity index (χ4v) is 4.40. The van der Waals surface area contributed by atoms with Gasteiger partial charge in [-0.3, -0.25) is 9.98 Å². The van der Waals surface area contributed by atoms with Crippen LogP contribution in [0.5, 0.6) is 11.5 Å². The number of hydrogen-bond acceptors (Lipinski definition) is 4. The van der Waals surface area contributed by atoms with Gasteiger partial charge in [0.05, 0.1) is 24.6 Å². The lowest BCUT2D eigenvalue weighted by Gasteiger charge is -2.06. The van der Waals surface area contributed by atoms with Gasteiger partial charge in [-0.05, 0) is 90.7 Å². The molecule has 0 aliphatic rings. The maximum atomic E-state index is 5.89. The van der Waals surface area contributed by atoms with E-state index in [1.807, 2.05) is 85.2 Å². The van der Waals surface area contributed by atoms with Gasteiger partial charge in [-0.1, -0.05) is 84.1 Å². The van der Waals surface area contributed by atoms with Crippen LogP contribution in [0.1, 0.15) is 102 Å². The Morgan fingerprint density at radius 3 is 1.32 bits per heavy atom. The molecule has 0 N–H and O–H groups in total. The van der Waals surface area contributed by atoms with Gasteiger partial charge >= 0.3 is 0 Å². The molecular weight excluding hydrogens is 492 g/mol. The largest absolute Gasteiger partial charge is 0.494 e. The summed E-state index contributed by atoms with van der Waals surface area (Å²) in [6, 6.07) is 24.2. The van der Waals surface area contributed by atoms with Crippen LogP contribution in [0.2, 0.25) is 0 Å². The molecule has 3 aromatic rings. The summed E-state index contributed by atoms with van der Waals surface area (Å²) in [7, 11) is 0. The smallest absolute Gasteiger partial charge is 0.119 e. The van der Waals surface area contributed by atoms with Gasteiger partial charge in [0, 0.05) is 12.4 Å². The molecule has 0 aromatic heterocycles. The van der Waals surface area contributed by atoms with E-state index >= 15 is 0 Å². The zero-order chi connectivity index (χ0) is 28.1.